The molecular weight excluding hydrogens is 164 g/mol. The monoisotopic (exact) mass is 182 g/mol. The molecule has 2 rings (SSSR count). The van der Waals surface area contributed by atoms with E-state index >= 15 is 0 Å². The molecule has 0 aromatic rings. The van der Waals surface area contributed by atoms with Gasteiger partial charge < -0.3 is 10.6 Å². The Kier molecular flexibility index (Phi) is 2.18. The van der Waals surface area contributed by atoms with Crippen molar-refractivity contribution < 1.29 is 4.79 Å². The van der Waals surface area contributed by atoms with E-state index in [1.54, 1.807) is 0 Å². The van der Waals surface area contributed by atoms with Crippen molar-refractivity contribution in [3.8, 4) is 0 Å². The zero-order valence-electron chi connectivity index (χ0n) is 8.34. The predicted molar refractivity (Wildman–Crippen MR) is 51.4 cm³/mol. The summed E-state index contributed by atoms with van der Waals surface area (Å²) < 4.78 is 0. The number of rotatable bonds is 1. The van der Waals surface area contributed by atoms with Crippen molar-refractivity contribution in [2.75, 3.05) is 0 Å². The van der Waals surface area contributed by atoms with Crippen molar-refractivity contribution in [3.63, 3.8) is 0 Å². The van der Waals surface area contributed by atoms with Crippen LogP contribution in [-0.2, 0) is 0 Å². The first kappa shape index (κ1) is 8.85. The summed E-state index contributed by atoms with van der Waals surface area (Å²) in [6.45, 7) is 4.55. The molecule has 2 N–H and O–H groups in total. The molecule has 0 aromatic carbocycles. The molecule has 0 spiro atoms. The van der Waals surface area contributed by atoms with Crippen molar-refractivity contribution in [3.05, 3.63) is 0 Å². The standard InChI is InChI=1S/C10H18N2O/c1-6(2)7-3-4-8-9(5-7)12-10(13)11-8/h6-9H,3-5H2,1-2H3,(H2,11,12,13). The van der Waals surface area contributed by atoms with Crippen LogP contribution in [0.5, 0.6) is 0 Å². The van der Waals surface area contributed by atoms with Crippen LogP contribution in [0.2, 0.25) is 0 Å². The zero-order chi connectivity index (χ0) is 9.42. The molecule has 3 atom stereocenters. The Balaban J connectivity index is 1.97. The molecule has 2 amide bonds. The Bertz CT molecular complexity index is 215. The molecule has 1 aliphatic heterocycles. The van der Waals surface area contributed by atoms with Crippen LogP contribution in [0.3, 0.4) is 0 Å². The van der Waals surface area contributed by atoms with E-state index in [1.165, 1.54) is 6.42 Å². The van der Waals surface area contributed by atoms with E-state index in [0.29, 0.717) is 12.1 Å². The average molecular weight is 182 g/mol. The fraction of sp³-hybridized carbons (Fsp3) is 0.900. The van der Waals surface area contributed by atoms with Crippen LogP contribution in [-0.4, -0.2) is 18.1 Å². The Hall–Kier alpha value is -0.730. The highest BCUT2D eigenvalue weighted by molar-refractivity contribution is 5.77. The highest BCUT2D eigenvalue weighted by Gasteiger charge is 2.37. The molecule has 1 saturated heterocycles. The van der Waals surface area contributed by atoms with E-state index in [0.717, 1.165) is 24.7 Å². The third-order valence-electron chi connectivity index (χ3n) is 3.47. The van der Waals surface area contributed by atoms with E-state index in [1.807, 2.05) is 0 Å². The van der Waals surface area contributed by atoms with Crippen molar-refractivity contribution >= 4 is 6.03 Å². The third kappa shape index (κ3) is 1.64. The summed E-state index contributed by atoms with van der Waals surface area (Å²) in [5, 5.41) is 5.96. The Labute approximate surface area is 79.3 Å². The van der Waals surface area contributed by atoms with Gasteiger partial charge >= 0.3 is 6.03 Å². The minimum absolute atomic E-state index is 0.0272. The third-order valence-corrected chi connectivity index (χ3v) is 3.47. The molecule has 0 bridgehead atoms. The molecule has 1 saturated carbocycles. The fourth-order valence-electron chi connectivity index (χ4n) is 2.52. The largest absolute Gasteiger partial charge is 0.333 e. The van der Waals surface area contributed by atoms with Gasteiger partial charge in [0, 0.05) is 0 Å². The molecule has 74 valence electrons. The Morgan fingerprint density at radius 3 is 2.62 bits per heavy atom. The van der Waals surface area contributed by atoms with Gasteiger partial charge in [-0.15, -0.1) is 0 Å². The summed E-state index contributed by atoms with van der Waals surface area (Å²) in [4.78, 5) is 11.1. The quantitative estimate of drug-likeness (QED) is 0.634. The van der Waals surface area contributed by atoms with Gasteiger partial charge in [0.1, 0.15) is 0 Å². The molecule has 3 nitrogen and oxygen atoms in total. The van der Waals surface area contributed by atoms with Gasteiger partial charge in [0.15, 0.2) is 0 Å². The zero-order valence-corrected chi connectivity index (χ0v) is 8.34. The summed E-state index contributed by atoms with van der Waals surface area (Å²) in [5.41, 5.74) is 0. The molecule has 2 fully saturated rings. The number of urea groups is 1. The maximum absolute atomic E-state index is 11.1. The maximum Gasteiger partial charge on any atom is 0.315 e. The van der Waals surface area contributed by atoms with Gasteiger partial charge in [0.25, 0.3) is 0 Å². The summed E-state index contributed by atoms with van der Waals surface area (Å²) >= 11 is 0. The van der Waals surface area contributed by atoms with Crippen LogP contribution in [0, 0.1) is 11.8 Å². The lowest BCUT2D eigenvalue weighted by molar-refractivity contribution is 0.229. The lowest BCUT2D eigenvalue weighted by atomic mass is 9.77. The first-order valence-corrected chi connectivity index (χ1v) is 5.24. The van der Waals surface area contributed by atoms with Gasteiger partial charge in [-0.3, -0.25) is 0 Å². The summed E-state index contributed by atoms with van der Waals surface area (Å²) in [5.74, 6) is 1.54. The molecule has 2 aliphatic rings. The van der Waals surface area contributed by atoms with Crippen molar-refractivity contribution in [1.29, 1.82) is 0 Å². The van der Waals surface area contributed by atoms with E-state index in [2.05, 4.69) is 24.5 Å². The molecule has 3 heteroatoms. The van der Waals surface area contributed by atoms with E-state index in [9.17, 15) is 4.79 Å². The summed E-state index contributed by atoms with van der Waals surface area (Å²) in [6, 6.07) is 0.829. The van der Waals surface area contributed by atoms with Gasteiger partial charge in [-0.05, 0) is 31.1 Å². The van der Waals surface area contributed by atoms with Gasteiger partial charge in [0.2, 0.25) is 0 Å². The molecule has 13 heavy (non-hydrogen) atoms. The molecule has 3 unspecified atom stereocenters. The second kappa shape index (κ2) is 3.20. The SMILES string of the molecule is CC(C)C1CCC2NC(=O)NC2C1. The molecule has 1 aliphatic carbocycles. The van der Waals surface area contributed by atoms with E-state index < -0.39 is 0 Å². The van der Waals surface area contributed by atoms with Crippen LogP contribution in [0.1, 0.15) is 33.1 Å². The highest BCUT2D eigenvalue weighted by atomic mass is 16.2. The minimum Gasteiger partial charge on any atom is -0.333 e. The number of carbonyl (C=O) groups excluding carboxylic acids is 1. The Morgan fingerprint density at radius 2 is 1.92 bits per heavy atom. The lowest BCUT2D eigenvalue weighted by Gasteiger charge is -2.32. The van der Waals surface area contributed by atoms with Crippen LogP contribution in [0.15, 0.2) is 0 Å². The van der Waals surface area contributed by atoms with Crippen LogP contribution < -0.4 is 10.6 Å². The molecular formula is C10H18N2O. The Morgan fingerprint density at radius 1 is 1.23 bits per heavy atom. The van der Waals surface area contributed by atoms with Gasteiger partial charge in [-0.2, -0.15) is 0 Å². The summed E-state index contributed by atoms with van der Waals surface area (Å²) in [6.07, 6.45) is 3.56. The number of nitrogens with one attached hydrogen (secondary N) is 2. The second-order valence-corrected chi connectivity index (χ2v) is 4.65. The lowest BCUT2D eigenvalue weighted by Crippen LogP contribution is -2.40. The maximum atomic E-state index is 11.1. The highest BCUT2D eigenvalue weighted by Crippen LogP contribution is 2.31. The van der Waals surface area contributed by atoms with Crippen LogP contribution in [0.4, 0.5) is 4.79 Å². The summed E-state index contributed by atoms with van der Waals surface area (Å²) in [7, 11) is 0. The topological polar surface area (TPSA) is 41.1 Å². The fourth-order valence-corrected chi connectivity index (χ4v) is 2.52. The number of amides is 2. The van der Waals surface area contributed by atoms with Crippen LogP contribution in [0.25, 0.3) is 0 Å². The van der Waals surface area contributed by atoms with Crippen molar-refractivity contribution in [1.82, 2.24) is 10.6 Å². The molecule has 0 radical (unpaired) electrons. The number of carbonyl (C=O) groups is 1. The van der Waals surface area contributed by atoms with Gasteiger partial charge in [-0.1, -0.05) is 13.8 Å². The first-order chi connectivity index (χ1) is 6.16. The van der Waals surface area contributed by atoms with E-state index in [4.69, 9.17) is 0 Å². The molecule has 0 aromatic heterocycles. The molecule has 1 heterocycles. The first-order valence-electron chi connectivity index (χ1n) is 5.24. The number of fused-ring (bicyclic) bond motifs is 1. The smallest absolute Gasteiger partial charge is 0.315 e. The number of hydrogen-bond acceptors (Lipinski definition) is 1. The average Bonchev–Trinajstić information content (AvgIpc) is 2.42. The van der Waals surface area contributed by atoms with Crippen molar-refractivity contribution in [2.24, 2.45) is 11.8 Å². The van der Waals surface area contributed by atoms with Gasteiger partial charge in [-0.25, -0.2) is 4.79 Å². The predicted octanol–water partition coefficient (Wildman–Crippen LogP) is 1.49. The normalized spacial score (nSPS) is 38.4. The van der Waals surface area contributed by atoms with E-state index in [-0.39, 0.29) is 6.03 Å². The second-order valence-electron chi connectivity index (χ2n) is 4.65. The van der Waals surface area contributed by atoms with Crippen molar-refractivity contribution in [2.45, 2.75) is 45.2 Å². The van der Waals surface area contributed by atoms with Crippen LogP contribution >= 0.6 is 0 Å². The number of hydrogen-bond donors (Lipinski definition) is 2. The van der Waals surface area contributed by atoms with Gasteiger partial charge in [0.05, 0.1) is 12.1 Å². The minimum atomic E-state index is 0.0272.